The van der Waals surface area contributed by atoms with Gasteiger partial charge in [-0.3, -0.25) is 4.98 Å². The second kappa shape index (κ2) is 5.13. The summed E-state index contributed by atoms with van der Waals surface area (Å²) in [6.07, 6.45) is -2.81. The molecule has 0 spiro atoms. The molecule has 4 heteroatoms. The summed E-state index contributed by atoms with van der Waals surface area (Å²) in [5.74, 6) is 0. The average molecular weight is 301 g/mol. The summed E-state index contributed by atoms with van der Waals surface area (Å²) in [6.45, 7) is 4.04. The highest BCUT2D eigenvalue weighted by molar-refractivity contribution is 5.94. The van der Waals surface area contributed by atoms with Gasteiger partial charge in [-0.05, 0) is 54.3 Å². The third-order valence-electron chi connectivity index (χ3n) is 3.89. The Balaban J connectivity index is 2.20. The zero-order valence-corrected chi connectivity index (χ0v) is 12.2. The van der Waals surface area contributed by atoms with Crippen molar-refractivity contribution < 1.29 is 13.2 Å². The molecule has 0 saturated heterocycles. The summed E-state index contributed by atoms with van der Waals surface area (Å²) >= 11 is 0. The number of benzene rings is 2. The number of hydrogen-bond donors (Lipinski definition) is 0. The Kier molecular flexibility index (Phi) is 3.39. The highest BCUT2D eigenvalue weighted by atomic mass is 19.4. The van der Waals surface area contributed by atoms with E-state index in [0.717, 1.165) is 34.2 Å². The molecule has 22 heavy (non-hydrogen) atoms. The van der Waals surface area contributed by atoms with Crippen LogP contribution in [0.25, 0.3) is 22.0 Å². The monoisotopic (exact) mass is 301 g/mol. The molecular formula is C18H14F3N. The van der Waals surface area contributed by atoms with Crippen molar-refractivity contribution in [3.63, 3.8) is 0 Å². The van der Waals surface area contributed by atoms with Crippen molar-refractivity contribution in [3.05, 3.63) is 65.4 Å². The van der Waals surface area contributed by atoms with Crippen molar-refractivity contribution in [3.8, 4) is 11.1 Å². The molecule has 3 aromatic rings. The predicted octanol–water partition coefficient (Wildman–Crippen LogP) is 5.54. The van der Waals surface area contributed by atoms with Gasteiger partial charge >= 0.3 is 6.18 Å². The van der Waals surface area contributed by atoms with Crippen LogP contribution in [0.15, 0.2) is 48.7 Å². The van der Waals surface area contributed by atoms with Crippen LogP contribution in [0.5, 0.6) is 0 Å². The van der Waals surface area contributed by atoms with E-state index in [1.165, 1.54) is 11.6 Å². The quantitative estimate of drug-likeness (QED) is 0.575. The van der Waals surface area contributed by atoms with E-state index in [4.69, 9.17) is 0 Å². The van der Waals surface area contributed by atoms with Crippen LogP contribution >= 0.6 is 0 Å². The lowest BCUT2D eigenvalue weighted by atomic mass is 9.97. The number of hydrogen-bond acceptors (Lipinski definition) is 1. The summed E-state index contributed by atoms with van der Waals surface area (Å²) < 4.78 is 38.4. The third-order valence-corrected chi connectivity index (χ3v) is 3.89. The first-order valence-corrected chi connectivity index (χ1v) is 6.90. The molecule has 0 unspecified atom stereocenters. The Morgan fingerprint density at radius 1 is 0.864 bits per heavy atom. The zero-order valence-electron chi connectivity index (χ0n) is 12.2. The van der Waals surface area contributed by atoms with E-state index in [1.807, 2.05) is 38.1 Å². The maximum Gasteiger partial charge on any atom is 0.416 e. The number of pyridine rings is 1. The fourth-order valence-electron chi connectivity index (χ4n) is 2.49. The molecule has 0 radical (unpaired) electrons. The Morgan fingerprint density at radius 2 is 1.64 bits per heavy atom. The SMILES string of the molecule is Cc1ccc(-c2ccnc3cc(C(F)(F)F)ccc23)cc1C. The lowest BCUT2D eigenvalue weighted by Gasteiger charge is -2.11. The Bertz CT molecular complexity index is 851. The summed E-state index contributed by atoms with van der Waals surface area (Å²) in [7, 11) is 0. The van der Waals surface area contributed by atoms with Gasteiger partial charge in [0.25, 0.3) is 0 Å². The van der Waals surface area contributed by atoms with E-state index < -0.39 is 11.7 Å². The molecule has 0 N–H and O–H groups in total. The first kappa shape index (κ1) is 14.6. The highest BCUT2D eigenvalue weighted by Crippen LogP contribution is 2.34. The first-order chi connectivity index (χ1) is 10.4. The van der Waals surface area contributed by atoms with Crippen molar-refractivity contribution in [1.82, 2.24) is 4.98 Å². The lowest BCUT2D eigenvalue weighted by molar-refractivity contribution is -0.137. The van der Waals surface area contributed by atoms with Crippen LogP contribution in [0.4, 0.5) is 13.2 Å². The number of rotatable bonds is 1. The molecule has 0 aliphatic carbocycles. The van der Waals surface area contributed by atoms with Gasteiger partial charge < -0.3 is 0 Å². The fourth-order valence-corrected chi connectivity index (χ4v) is 2.49. The van der Waals surface area contributed by atoms with Gasteiger partial charge in [-0.15, -0.1) is 0 Å². The molecule has 0 amide bonds. The van der Waals surface area contributed by atoms with Gasteiger partial charge in [0.2, 0.25) is 0 Å². The van der Waals surface area contributed by atoms with E-state index in [1.54, 1.807) is 6.20 Å². The van der Waals surface area contributed by atoms with E-state index >= 15 is 0 Å². The molecule has 0 bridgehead atoms. The predicted molar refractivity (Wildman–Crippen MR) is 81.7 cm³/mol. The number of halogens is 3. The maximum absolute atomic E-state index is 12.8. The van der Waals surface area contributed by atoms with Gasteiger partial charge in [0.15, 0.2) is 0 Å². The molecule has 2 aromatic carbocycles. The second-order valence-corrected chi connectivity index (χ2v) is 5.39. The first-order valence-electron chi connectivity index (χ1n) is 6.90. The van der Waals surface area contributed by atoms with Gasteiger partial charge in [0, 0.05) is 11.6 Å². The molecule has 1 aromatic heterocycles. The summed E-state index contributed by atoms with van der Waals surface area (Å²) in [5, 5.41) is 0.721. The van der Waals surface area contributed by atoms with Gasteiger partial charge in [-0.1, -0.05) is 24.3 Å². The van der Waals surface area contributed by atoms with Crippen molar-refractivity contribution >= 4 is 10.9 Å². The van der Waals surface area contributed by atoms with Crippen LogP contribution in [0.3, 0.4) is 0 Å². The number of aryl methyl sites for hydroxylation is 2. The minimum Gasteiger partial charge on any atom is -0.256 e. The molecule has 1 nitrogen and oxygen atoms in total. The molecule has 0 aliphatic heterocycles. The molecule has 0 atom stereocenters. The van der Waals surface area contributed by atoms with Crippen LogP contribution in [-0.2, 0) is 6.18 Å². The summed E-state index contributed by atoms with van der Waals surface area (Å²) in [5.41, 5.74) is 3.88. The van der Waals surface area contributed by atoms with Crippen molar-refractivity contribution in [2.24, 2.45) is 0 Å². The summed E-state index contributed by atoms with van der Waals surface area (Å²) in [6, 6.07) is 11.6. The van der Waals surface area contributed by atoms with E-state index in [9.17, 15) is 13.2 Å². The van der Waals surface area contributed by atoms with Crippen LogP contribution in [0, 0.1) is 13.8 Å². The molecule has 0 aliphatic rings. The Hall–Kier alpha value is -2.36. The standard InChI is InChI=1S/C18H14F3N/c1-11-3-4-13(9-12(11)2)15-7-8-22-17-10-14(18(19,20)21)5-6-16(15)17/h3-10H,1-2H3. The van der Waals surface area contributed by atoms with Crippen LogP contribution in [-0.4, -0.2) is 4.98 Å². The largest absolute Gasteiger partial charge is 0.416 e. The minimum atomic E-state index is -4.35. The van der Waals surface area contributed by atoms with Gasteiger partial charge in [-0.25, -0.2) is 0 Å². The van der Waals surface area contributed by atoms with Crippen molar-refractivity contribution in [2.45, 2.75) is 20.0 Å². The topological polar surface area (TPSA) is 12.9 Å². The number of aromatic nitrogens is 1. The van der Waals surface area contributed by atoms with Crippen LogP contribution in [0.2, 0.25) is 0 Å². The van der Waals surface area contributed by atoms with E-state index in [0.29, 0.717) is 5.52 Å². The highest BCUT2D eigenvalue weighted by Gasteiger charge is 2.30. The lowest BCUT2D eigenvalue weighted by Crippen LogP contribution is -2.04. The zero-order chi connectivity index (χ0) is 15.9. The average Bonchev–Trinajstić information content (AvgIpc) is 2.48. The number of nitrogens with zero attached hydrogens (tertiary/aromatic N) is 1. The summed E-state index contributed by atoms with van der Waals surface area (Å²) in [4.78, 5) is 4.08. The van der Waals surface area contributed by atoms with Crippen molar-refractivity contribution in [1.29, 1.82) is 0 Å². The number of alkyl halides is 3. The number of fused-ring (bicyclic) bond motifs is 1. The van der Waals surface area contributed by atoms with Crippen LogP contribution in [0.1, 0.15) is 16.7 Å². The molecule has 112 valence electrons. The second-order valence-electron chi connectivity index (χ2n) is 5.39. The minimum absolute atomic E-state index is 0.352. The fraction of sp³-hybridized carbons (Fsp3) is 0.167. The van der Waals surface area contributed by atoms with Crippen LogP contribution < -0.4 is 0 Å². The molecule has 1 heterocycles. The van der Waals surface area contributed by atoms with Crippen molar-refractivity contribution in [2.75, 3.05) is 0 Å². The van der Waals surface area contributed by atoms with Gasteiger partial charge in [-0.2, -0.15) is 13.2 Å². The van der Waals surface area contributed by atoms with E-state index in [-0.39, 0.29) is 0 Å². The molecular weight excluding hydrogens is 287 g/mol. The maximum atomic E-state index is 12.8. The van der Waals surface area contributed by atoms with Gasteiger partial charge in [0.05, 0.1) is 11.1 Å². The Labute approximate surface area is 126 Å². The van der Waals surface area contributed by atoms with Gasteiger partial charge in [0.1, 0.15) is 0 Å². The Morgan fingerprint density at radius 3 is 2.32 bits per heavy atom. The molecule has 3 rings (SSSR count). The smallest absolute Gasteiger partial charge is 0.256 e. The molecule has 0 saturated carbocycles. The van der Waals surface area contributed by atoms with E-state index in [2.05, 4.69) is 4.98 Å². The normalized spacial score (nSPS) is 11.9. The third kappa shape index (κ3) is 2.56. The molecule has 0 fully saturated rings.